The predicted molar refractivity (Wildman–Crippen MR) is 113 cm³/mol. The molecule has 1 aromatic heterocycles. The third kappa shape index (κ3) is 6.56. The fourth-order valence-corrected chi connectivity index (χ4v) is 3.95. The Bertz CT molecular complexity index is 721. The fourth-order valence-electron chi connectivity index (χ4n) is 3.26. The van der Waals surface area contributed by atoms with Crippen molar-refractivity contribution in [2.24, 2.45) is 0 Å². The van der Waals surface area contributed by atoms with Crippen LogP contribution in [-0.4, -0.2) is 48.8 Å². The molecule has 27 heavy (non-hydrogen) atoms. The van der Waals surface area contributed by atoms with Gasteiger partial charge in [-0.05, 0) is 98.9 Å². The number of amides is 2. The van der Waals surface area contributed by atoms with Crippen LogP contribution in [0, 0.1) is 13.8 Å². The van der Waals surface area contributed by atoms with Crippen molar-refractivity contribution >= 4 is 17.4 Å². The van der Waals surface area contributed by atoms with Crippen LogP contribution >= 0.6 is 11.3 Å². The van der Waals surface area contributed by atoms with Crippen molar-refractivity contribution in [3.05, 3.63) is 51.2 Å². The number of thiophene rings is 1. The molecule has 2 aromatic rings. The summed E-state index contributed by atoms with van der Waals surface area (Å²) >= 11 is 1.67. The van der Waals surface area contributed by atoms with Crippen LogP contribution in [0.15, 0.2) is 29.0 Å². The molecule has 0 saturated heterocycles. The molecule has 0 aliphatic heterocycles. The summed E-state index contributed by atoms with van der Waals surface area (Å²) < 4.78 is 0. The largest absolute Gasteiger partial charge is 0.508 e. The van der Waals surface area contributed by atoms with Gasteiger partial charge >= 0.3 is 6.03 Å². The number of urea groups is 1. The van der Waals surface area contributed by atoms with Gasteiger partial charge in [0.15, 0.2) is 0 Å². The van der Waals surface area contributed by atoms with E-state index >= 15 is 0 Å². The van der Waals surface area contributed by atoms with Gasteiger partial charge in [0.1, 0.15) is 5.75 Å². The zero-order valence-electron chi connectivity index (χ0n) is 16.9. The Kier molecular flexibility index (Phi) is 7.68. The molecule has 3 N–H and O–H groups in total. The first-order valence-electron chi connectivity index (χ1n) is 9.27. The quantitative estimate of drug-likeness (QED) is 0.648. The maximum atomic E-state index is 12.3. The van der Waals surface area contributed by atoms with Gasteiger partial charge in [-0.15, -0.1) is 0 Å². The molecule has 0 bridgehead atoms. The third-order valence-corrected chi connectivity index (χ3v) is 5.58. The highest BCUT2D eigenvalue weighted by Gasteiger charge is 2.17. The lowest BCUT2D eigenvalue weighted by atomic mass is 9.95. The fraction of sp³-hybridized carbons (Fsp3) is 0.476. The third-order valence-electron chi connectivity index (χ3n) is 4.85. The van der Waals surface area contributed by atoms with Crippen LogP contribution in [0.2, 0.25) is 0 Å². The highest BCUT2D eigenvalue weighted by atomic mass is 32.1. The Labute approximate surface area is 166 Å². The van der Waals surface area contributed by atoms with Gasteiger partial charge in [0.05, 0.1) is 0 Å². The summed E-state index contributed by atoms with van der Waals surface area (Å²) in [6.45, 7) is 6.61. The molecule has 148 valence electrons. The summed E-state index contributed by atoms with van der Waals surface area (Å²) in [5, 5.41) is 19.9. The first kappa shape index (κ1) is 21.3. The molecule has 2 atom stereocenters. The second kappa shape index (κ2) is 9.76. The molecular weight excluding hydrogens is 358 g/mol. The summed E-state index contributed by atoms with van der Waals surface area (Å²) in [4.78, 5) is 14.4. The number of phenolic OH excluding ortho intramolecular Hbond substituents is 1. The summed E-state index contributed by atoms with van der Waals surface area (Å²) in [6, 6.07) is 5.79. The Morgan fingerprint density at radius 1 is 1.22 bits per heavy atom. The topological polar surface area (TPSA) is 64.6 Å². The number of rotatable bonds is 8. The Morgan fingerprint density at radius 3 is 2.44 bits per heavy atom. The number of nitrogens with one attached hydrogen (secondary N) is 2. The number of carbonyl (C=O) groups excluding carboxylic acids is 1. The number of aryl methyl sites for hydroxylation is 2. The number of nitrogens with zero attached hydrogens (tertiary/aromatic N) is 1. The van der Waals surface area contributed by atoms with Gasteiger partial charge in [0.2, 0.25) is 0 Å². The zero-order chi connectivity index (χ0) is 20.0. The highest BCUT2D eigenvalue weighted by molar-refractivity contribution is 7.07. The van der Waals surface area contributed by atoms with Crippen molar-refractivity contribution in [1.29, 1.82) is 0 Å². The first-order valence-corrected chi connectivity index (χ1v) is 10.2. The number of likely N-dealkylation sites (N-methyl/N-ethyl adjacent to an activating group) is 1. The van der Waals surface area contributed by atoms with E-state index < -0.39 is 0 Å². The molecule has 0 aliphatic rings. The Hall–Kier alpha value is -2.05. The van der Waals surface area contributed by atoms with Crippen molar-refractivity contribution in [3.8, 4) is 5.75 Å². The molecular formula is C21H31N3O2S. The molecule has 0 fully saturated rings. The molecule has 6 heteroatoms. The zero-order valence-corrected chi connectivity index (χ0v) is 17.7. The lowest BCUT2D eigenvalue weighted by molar-refractivity contribution is 0.229. The van der Waals surface area contributed by atoms with Crippen LogP contribution < -0.4 is 10.6 Å². The van der Waals surface area contributed by atoms with Crippen molar-refractivity contribution < 1.29 is 9.90 Å². The summed E-state index contributed by atoms with van der Waals surface area (Å²) in [7, 11) is 4.04. The minimum atomic E-state index is -0.135. The molecule has 1 heterocycles. The standard InChI is InChI=1S/C21H31N3O2S/c1-14-8-19(25)9-15(2)20(14)11-18(24(4)5)12-22-21(26)23-16(3)10-17-6-7-27-13-17/h6-9,13,16,18,25H,10-12H2,1-5H3,(H2,22,23,26)/t16-,18+/m1/s1. The number of carbonyl (C=O) groups is 1. The van der Waals surface area contributed by atoms with E-state index in [9.17, 15) is 9.90 Å². The number of hydrogen-bond acceptors (Lipinski definition) is 4. The minimum Gasteiger partial charge on any atom is -0.508 e. The molecule has 0 spiro atoms. The second-order valence-corrected chi connectivity index (χ2v) is 8.25. The normalized spacial score (nSPS) is 13.4. The van der Waals surface area contributed by atoms with Gasteiger partial charge in [0, 0.05) is 18.6 Å². The van der Waals surface area contributed by atoms with Crippen LogP contribution in [0.4, 0.5) is 4.79 Å². The lowest BCUT2D eigenvalue weighted by Crippen LogP contribution is -2.47. The van der Waals surface area contributed by atoms with Crippen LogP contribution in [0.25, 0.3) is 0 Å². The molecule has 0 saturated carbocycles. The average Bonchev–Trinajstić information content (AvgIpc) is 3.05. The van der Waals surface area contributed by atoms with E-state index in [1.54, 1.807) is 23.5 Å². The Morgan fingerprint density at radius 2 is 1.89 bits per heavy atom. The van der Waals surface area contributed by atoms with Crippen LogP contribution in [-0.2, 0) is 12.8 Å². The van der Waals surface area contributed by atoms with Gasteiger partial charge in [0.25, 0.3) is 0 Å². The monoisotopic (exact) mass is 389 g/mol. The summed E-state index contributed by atoms with van der Waals surface area (Å²) in [6.07, 6.45) is 1.65. The number of benzene rings is 1. The van der Waals surface area contributed by atoms with Crippen molar-refractivity contribution in [2.45, 2.75) is 45.7 Å². The van der Waals surface area contributed by atoms with Gasteiger partial charge in [-0.3, -0.25) is 0 Å². The van der Waals surface area contributed by atoms with Crippen LogP contribution in [0.3, 0.4) is 0 Å². The maximum absolute atomic E-state index is 12.3. The van der Waals surface area contributed by atoms with E-state index in [1.165, 1.54) is 11.1 Å². The minimum absolute atomic E-state index is 0.0824. The molecule has 0 aliphatic carbocycles. The molecule has 0 unspecified atom stereocenters. The maximum Gasteiger partial charge on any atom is 0.315 e. The molecule has 5 nitrogen and oxygen atoms in total. The first-order chi connectivity index (χ1) is 12.8. The summed E-state index contributed by atoms with van der Waals surface area (Å²) in [5.41, 5.74) is 4.62. The number of phenols is 1. The van der Waals surface area contributed by atoms with E-state index in [0.717, 1.165) is 24.0 Å². The van der Waals surface area contributed by atoms with Crippen molar-refractivity contribution in [2.75, 3.05) is 20.6 Å². The molecule has 2 amide bonds. The number of aromatic hydroxyl groups is 1. The van der Waals surface area contributed by atoms with Gasteiger partial charge in [-0.1, -0.05) is 0 Å². The second-order valence-electron chi connectivity index (χ2n) is 7.47. The van der Waals surface area contributed by atoms with E-state index in [1.807, 2.05) is 34.9 Å². The van der Waals surface area contributed by atoms with E-state index in [0.29, 0.717) is 12.3 Å². The SMILES string of the molecule is Cc1cc(O)cc(C)c1C[C@@H](CNC(=O)N[C@H](C)Cc1ccsc1)N(C)C. The van der Waals surface area contributed by atoms with Crippen molar-refractivity contribution in [1.82, 2.24) is 15.5 Å². The van der Waals surface area contributed by atoms with Crippen LogP contribution in [0.5, 0.6) is 5.75 Å². The van der Waals surface area contributed by atoms with Gasteiger partial charge < -0.3 is 20.6 Å². The number of hydrogen-bond donors (Lipinski definition) is 3. The van der Waals surface area contributed by atoms with Crippen LogP contribution in [0.1, 0.15) is 29.2 Å². The lowest BCUT2D eigenvalue weighted by Gasteiger charge is -2.26. The van der Waals surface area contributed by atoms with Gasteiger partial charge in [-0.2, -0.15) is 11.3 Å². The summed E-state index contributed by atoms with van der Waals surface area (Å²) in [5.74, 6) is 0.298. The van der Waals surface area contributed by atoms with E-state index in [-0.39, 0.29) is 18.1 Å². The predicted octanol–water partition coefficient (Wildman–Crippen LogP) is 3.47. The van der Waals surface area contributed by atoms with E-state index in [2.05, 4.69) is 32.4 Å². The van der Waals surface area contributed by atoms with E-state index in [4.69, 9.17) is 0 Å². The average molecular weight is 390 g/mol. The Balaban J connectivity index is 1.89. The molecule has 1 aromatic carbocycles. The van der Waals surface area contributed by atoms with Crippen molar-refractivity contribution in [3.63, 3.8) is 0 Å². The highest BCUT2D eigenvalue weighted by Crippen LogP contribution is 2.22. The van der Waals surface area contributed by atoms with Gasteiger partial charge in [-0.25, -0.2) is 4.79 Å². The molecule has 2 rings (SSSR count). The molecule has 0 radical (unpaired) electrons. The smallest absolute Gasteiger partial charge is 0.315 e.